The standard InChI is InChI=1S/C12H14N2O2/c1-16-10-4-2-3-9-12(10)13-11-7-8(15)5-6-14(9)11/h2-4,8,15H,5-7H2,1H3. The zero-order chi connectivity index (χ0) is 11.1. The van der Waals surface area contributed by atoms with Crippen LogP contribution in [0.3, 0.4) is 0 Å². The molecule has 0 aliphatic carbocycles. The fourth-order valence-corrected chi connectivity index (χ4v) is 2.33. The first-order valence-corrected chi connectivity index (χ1v) is 5.50. The number of aliphatic hydroxyl groups excluding tert-OH is 1. The summed E-state index contributed by atoms with van der Waals surface area (Å²) in [6.07, 6.45) is 1.18. The van der Waals surface area contributed by atoms with Gasteiger partial charge in [0.05, 0.1) is 18.7 Å². The summed E-state index contributed by atoms with van der Waals surface area (Å²) in [4.78, 5) is 4.55. The van der Waals surface area contributed by atoms with Crippen molar-refractivity contribution in [2.24, 2.45) is 0 Å². The lowest BCUT2D eigenvalue weighted by molar-refractivity contribution is 0.142. The van der Waals surface area contributed by atoms with Crippen molar-refractivity contribution in [3.05, 3.63) is 24.0 Å². The molecule has 0 radical (unpaired) electrons. The summed E-state index contributed by atoms with van der Waals surface area (Å²) in [5.74, 6) is 1.76. The van der Waals surface area contributed by atoms with Gasteiger partial charge in [0.2, 0.25) is 0 Å². The van der Waals surface area contributed by atoms with E-state index in [4.69, 9.17) is 4.74 Å². The third-order valence-corrected chi connectivity index (χ3v) is 3.14. The predicted molar refractivity (Wildman–Crippen MR) is 60.6 cm³/mol. The summed E-state index contributed by atoms with van der Waals surface area (Å²) < 4.78 is 7.46. The molecule has 0 amide bonds. The van der Waals surface area contributed by atoms with Crippen LogP contribution in [0.1, 0.15) is 12.2 Å². The number of aryl methyl sites for hydroxylation is 1. The number of ether oxygens (including phenoxy) is 1. The van der Waals surface area contributed by atoms with E-state index in [2.05, 4.69) is 9.55 Å². The number of hydrogen-bond donors (Lipinski definition) is 1. The second-order valence-corrected chi connectivity index (χ2v) is 4.15. The van der Waals surface area contributed by atoms with Gasteiger partial charge in [0.1, 0.15) is 17.1 Å². The number of methoxy groups -OCH3 is 1. The molecule has 4 heteroatoms. The molecular weight excluding hydrogens is 204 g/mol. The molecule has 84 valence electrons. The lowest BCUT2D eigenvalue weighted by atomic mass is 10.1. The van der Waals surface area contributed by atoms with Gasteiger partial charge in [0.15, 0.2) is 0 Å². The molecule has 0 saturated heterocycles. The maximum absolute atomic E-state index is 9.62. The lowest BCUT2D eigenvalue weighted by Crippen LogP contribution is -2.23. The van der Waals surface area contributed by atoms with Crippen LogP contribution in [0.25, 0.3) is 11.0 Å². The molecule has 1 atom stereocenters. The number of benzene rings is 1. The van der Waals surface area contributed by atoms with Crippen LogP contribution >= 0.6 is 0 Å². The van der Waals surface area contributed by atoms with Crippen molar-refractivity contribution in [3.63, 3.8) is 0 Å². The molecule has 1 N–H and O–H groups in total. The Kier molecular flexibility index (Phi) is 2.11. The molecule has 4 nitrogen and oxygen atoms in total. The van der Waals surface area contributed by atoms with Gasteiger partial charge in [0, 0.05) is 13.0 Å². The van der Waals surface area contributed by atoms with E-state index in [1.807, 2.05) is 18.2 Å². The van der Waals surface area contributed by atoms with Gasteiger partial charge in [-0.1, -0.05) is 6.07 Å². The first-order valence-electron chi connectivity index (χ1n) is 5.50. The Bertz CT molecular complexity index is 533. The molecule has 2 aromatic rings. The van der Waals surface area contributed by atoms with Gasteiger partial charge in [-0.15, -0.1) is 0 Å². The van der Waals surface area contributed by atoms with Crippen LogP contribution in [0, 0.1) is 0 Å². The van der Waals surface area contributed by atoms with Gasteiger partial charge >= 0.3 is 0 Å². The average Bonchev–Trinajstić information content (AvgIpc) is 2.65. The number of para-hydroxylation sites is 1. The topological polar surface area (TPSA) is 47.3 Å². The molecule has 0 spiro atoms. The number of rotatable bonds is 1. The zero-order valence-corrected chi connectivity index (χ0v) is 9.18. The minimum atomic E-state index is -0.254. The van der Waals surface area contributed by atoms with Crippen LogP contribution in [0.4, 0.5) is 0 Å². The van der Waals surface area contributed by atoms with Gasteiger partial charge in [-0.3, -0.25) is 0 Å². The smallest absolute Gasteiger partial charge is 0.146 e. The lowest BCUT2D eigenvalue weighted by Gasteiger charge is -2.19. The normalized spacial score (nSPS) is 19.8. The summed E-state index contributed by atoms with van der Waals surface area (Å²) in [5, 5.41) is 9.62. The fraction of sp³-hybridized carbons (Fsp3) is 0.417. The minimum Gasteiger partial charge on any atom is -0.494 e. The maximum Gasteiger partial charge on any atom is 0.146 e. The Hall–Kier alpha value is -1.55. The first-order chi connectivity index (χ1) is 7.79. The molecule has 0 bridgehead atoms. The summed E-state index contributed by atoms with van der Waals surface area (Å²) in [6.45, 7) is 0.833. The third kappa shape index (κ3) is 1.30. The number of aliphatic hydroxyl groups is 1. The summed E-state index contributed by atoms with van der Waals surface area (Å²) in [7, 11) is 1.65. The molecule has 1 aromatic carbocycles. The van der Waals surface area contributed by atoms with Gasteiger partial charge < -0.3 is 14.4 Å². The van der Waals surface area contributed by atoms with E-state index in [-0.39, 0.29) is 6.10 Å². The molecular formula is C12H14N2O2. The first kappa shape index (κ1) is 9.66. The average molecular weight is 218 g/mol. The van der Waals surface area contributed by atoms with Crippen molar-refractivity contribution in [3.8, 4) is 5.75 Å². The molecule has 1 aliphatic heterocycles. The Labute approximate surface area is 93.5 Å². The molecule has 2 heterocycles. The van der Waals surface area contributed by atoms with Crippen LogP contribution in [0.2, 0.25) is 0 Å². The van der Waals surface area contributed by atoms with E-state index >= 15 is 0 Å². The summed E-state index contributed by atoms with van der Waals surface area (Å²) in [5.41, 5.74) is 2.00. The fourth-order valence-electron chi connectivity index (χ4n) is 2.33. The molecule has 1 unspecified atom stereocenters. The molecule has 0 fully saturated rings. The van der Waals surface area contributed by atoms with Crippen molar-refractivity contribution >= 4 is 11.0 Å². The van der Waals surface area contributed by atoms with Gasteiger partial charge in [-0.2, -0.15) is 0 Å². The van der Waals surface area contributed by atoms with Crippen LogP contribution < -0.4 is 4.74 Å². The highest BCUT2D eigenvalue weighted by atomic mass is 16.5. The van der Waals surface area contributed by atoms with Crippen molar-refractivity contribution < 1.29 is 9.84 Å². The second-order valence-electron chi connectivity index (χ2n) is 4.15. The van der Waals surface area contributed by atoms with E-state index in [1.165, 1.54) is 0 Å². The van der Waals surface area contributed by atoms with E-state index in [1.54, 1.807) is 7.11 Å². The maximum atomic E-state index is 9.62. The monoisotopic (exact) mass is 218 g/mol. The SMILES string of the molecule is COc1cccc2c1nc1n2CCC(O)C1. The molecule has 3 rings (SSSR count). The van der Waals surface area contributed by atoms with E-state index in [9.17, 15) is 5.11 Å². The molecule has 16 heavy (non-hydrogen) atoms. The summed E-state index contributed by atoms with van der Waals surface area (Å²) in [6, 6.07) is 5.94. The second kappa shape index (κ2) is 3.49. The zero-order valence-electron chi connectivity index (χ0n) is 9.18. The summed E-state index contributed by atoms with van der Waals surface area (Å²) >= 11 is 0. The predicted octanol–water partition coefficient (Wildman–Crippen LogP) is 1.35. The van der Waals surface area contributed by atoms with Crippen molar-refractivity contribution in [1.82, 2.24) is 9.55 Å². The number of nitrogens with zero attached hydrogens (tertiary/aromatic N) is 2. The van der Waals surface area contributed by atoms with Crippen LogP contribution in [0.15, 0.2) is 18.2 Å². The van der Waals surface area contributed by atoms with E-state index < -0.39 is 0 Å². The highest BCUT2D eigenvalue weighted by Crippen LogP contribution is 2.28. The Balaban J connectivity index is 2.24. The van der Waals surface area contributed by atoms with Crippen molar-refractivity contribution in [2.45, 2.75) is 25.5 Å². The van der Waals surface area contributed by atoms with Crippen LogP contribution in [-0.2, 0) is 13.0 Å². The molecule has 1 aromatic heterocycles. The quantitative estimate of drug-likeness (QED) is 0.786. The van der Waals surface area contributed by atoms with Gasteiger partial charge in [0.25, 0.3) is 0 Å². The van der Waals surface area contributed by atoms with Crippen LogP contribution in [-0.4, -0.2) is 27.9 Å². The van der Waals surface area contributed by atoms with Crippen LogP contribution in [0.5, 0.6) is 5.75 Å². The Morgan fingerprint density at radius 2 is 2.38 bits per heavy atom. The third-order valence-electron chi connectivity index (χ3n) is 3.14. The highest BCUT2D eigenvalue weighted by Gasteiger charge is 2.21. The van der Waals surface area contributed by atoms with Crippen molar-refractivity contribution in [2.75, 3.05) is 7.11 Å². The number of imidazole rings is 1. The van der Waals surface area contributed by atoms with Gasteiger partial charge in [-0.05, 0) is 18.6 Å². The largest absolute Gasteiger partial charge is 0.494 e. The number of fused-ring (bicyclic) bond motifs is 3. The Morgan fingerprint density at radius 3 is 3.19 bits per heavy atom. The number of hydrogen-bond acceptors (Lipinski definition) is 3. The molecule has 0 saturated carbocycles. The van der Waals surface area contributed by atoms with Gasteiger partial charge in [-0.25, -0.2) is 4.98 Å². The van der Waals surface area contributed by atoms with Crippen molar-refractivity contribution in [1.29, 1.82) is 0 Å². The Morgan fingerprint density at radius 1 is 1.50 bits per heavy atom. The molecule has 1 aliphatic rings. The van der Waals surface area contributed by atoms with E-state index in [0.29, 0.717) is 6.42 Å². The van der Waals surface area contributed by atoms with E-state index in [0.717, 1.165) is 35.6 Å². The highest BCUT2D eigenvalue weighted by molar-refractivity contribution is 5.82. The minimum absolute atomic E-state index is 0.254. The number of aromatic nitrogens is 2.